The maximum Gasteiger partial charge on any atom is 0.277 e. The number of amides is 2. The number of para-hydroxylation sites is 1. The molecular weight excluding hydrogens is 502 g/mol. The number of ether oxygens (including phenoxy) is 1. The SMILES string of the molecule is CCCCC(C(=O)NCc1ccc(OC(C)(C)C(=O)NS(C)(=O)=O)cc1)c1ccccc1N1CCCCC1. The molecule has 2 aromatic rings. The summed E-state index contributed by atoms with van der Waals surface area (Å²) >= 11 is 0. The summed E-state index contributed by atoms with van der Waals surface area (Å²) in [5, 5.41) is 3.12. The van der Waals surface area contributed by atoms with Crippen molar-refractivity contribution in [3.05, 3.63) is 59.7 Å². The molecule has 0 spiro atoms. The van der Waals surface area contributed by atoms with Gasteiger partial charge in [0.05, 0.1) is 12.2 Å². The molecule has 0 aromatic heterocycles. The van der Waals surface area contributed by atoms with Crippen LogP contribution in [0.15, 0.2) is 48.5 Å². The summed E-state index contributed by atoms with van der Waals surface area (Å²) in [6, 6.07) is 15.4. The van der Waals surface area contributed by atoms with Crippen molar-refractivity contribution in [2.75, 3.05) is 24.2 Å². The van der Waals surface area contributed by atoms with Crippen molar-refractivity contribution in [2.24, 2.45) is 0 Å². The number of carbonyl (C=O) groups is 2. The molecule has 1 unspecified atom stereocenters. The summed E-state index contributed by atoms with van der Waals surface area (Å²) in [6.45, 7) is 7.56. The topological polar surface area (TPSA) is 105 Å². The van der Waals surface area contributed by atoms with Crippen LogP contribution in [0.1, 0.15) is 76.3 Å². The molecule has 2 aromatic carbocycles. The van der Waals surface area contributed by atoms with Crippen LogP contribution in [0.5, 0.6) is 5.75 Å². The van der Waals surface area contributed by atoms with E-state index in [2.05, 4.69) is 35.3 Å². The second-order valence-corrected chi connectivity index (χ2v) is 12.2. The van der Waals surface area contributed by atoms with Gasteiger partial charge in [0, 0.05) is 25.3 Å². The molecule has 9 heteroatoms. The molecule has 0 saturated carbocycles. The van der Waals surface area contributed by atoms with Crippen molar-refractivity contribution in [3.8, 4) is 5.75 Å². The van der Waals surface area contributed by atoms with Gasteiger partial charge in [-0.25, -0.2) is 13.1 Å². The van der Waals surface area contributed by atoms with Gasteiger partial charge in [0.15, 0.2) is 5.60 Å². The zero-order valence-electron chi connectivity index (χ0n) is 23.0. The normalized spacial score (nSPS) is 15.0. The quantitative estimate of drug-likeness (QED) is 0.409. The lowest BCUT2D eigenvalue weighted by Gasteiger charge is -2.32. The van der Waals surface area contributed by atoms with Crippen LogP contribution in [0.25, 0.3) is 0 Å². The first kappa shape index (κ1) is 29.5. The minimum atomic E-state index is -3.69. The van der Waals surface area contributed by atoms with E-state index >= 15 is 0 Å². The van der Waals surface area contributed by atoms with Crippen LogP contribution in [-0.2, 0) is 26.2 Å². The monoisotopic (exact) mass is 543 g/mol. The Kier molecular flexibility index (Phi) is 10.2. The first-order chi connectivity index (χ1) is 18.0. The number of nitrogens with one attached hydrogen (secondary N) is 2. The third kappa shape index (κ3) is 8.48. The number of hydrogen-bond donors (Lipinski definition) is 2. The van der Waals surface area contributed by atoms with E-state index in [0.717, 1.165) is 49.7 Å². The maximum atomic E-state index is 13.5. The minimum Gasteiger partial charge on any atom is -0.478 e. The molecule has 8 nitrogen and oxygen atoms in total. The number of anilines is 1. The van der Waals surface area contributed by atoms with Crippen molar-refractivity contribution in [2.45, 2.75) is 77.4 Å². The van der Waals surface area contributed by atoms with Crippen LogP contribution >= 0.6 is 0 Å². The van der Waals surface area contributed by atoms with E-state index in [9.17, 15) is 18.0 Å². The van der Waals surface area contributed by atoms with Crippen LogP contribution in [-0.4, -0.2) is 45.2 Å². The largest absolute Gasteiger partial charge is 0.478 e. The molecular formula is C29H41N3O5S. The Labute approximate surface area is 227 Å². The van der Waals surface area contributed by atoms with Crippen LogP contribution < -0.4 is 19.7 Å². The van der Waals surface area contributed by atoms with Crippen molar-refractivity contribution < 1.29 is 22.7 Å². The molecule has 1 saturated heterocycles. The molecule has 0 radical (unpaired) electrons. The van der Waals surface area contributed by atoms with Gasteiger partial charge < -0.3 is 15.0 Å². The Bertz CT molecular complexity index is 1190. The summed E-state index contributed by atoms with van der Waals surface area (Å²) in [5.74, 6) is -0.532. The fraction of sp³-hybridized carbons (Fsp3) is 0.517. The molecule has 0 aliphatic carbocycles. The highest BCUT2D eigenvalue weighted by Crippen LogP contribution is 2.33. The fourth-order valence-corrected chi connectivity index (χ4v) is 5.24. The Hall–Kier alpha value is -3.07. The standard InChI is InChI=1S/C29H41N3O5S/c1-5-6-12-25(24-13-8-9-14-26(24)32-19-10-7-11-20-32)27(33)30-21-22-15-17-23(18-16-22)37-29(2,3)28(34)31-38(4,35)36/h8-9,13-18,25H,5-7,10-12,19-21H2,1-4H3,(H,30,33)(H,31,34). The highest BCUT2D eigenvalue weighted by atomic mass is 32.2. The zero-order chi connectivity index (χ0) is 27.8. The lowest BCUT2D eigenvalue weighted by atomic mass is 9.90. The number of piperidine rings is 1. The van der Waals surface area contributed by atoms with Gasteiger partial charge in [0.25, 0.3) is 5.91 Å². The summed E-state index contributed by atoms with van der Waals surface area (Å²) in [4.78, 5) is 28.1. The summed E-state index contributed by atoms with van der Waals surface area (Å²) in [6.07, 6.45) is 7.33. The number of sulfonamides is 1. The van der Waals surface area contributed by atoms with E-state index in [-0.39, 0.29) is 11.8 Å². The second kappa shape index (κ2) is 13.1. The first-order valence-electron chi connectivity index (χ1n) is 13.4. The molecule has 1 atom stereocenters. The van der Waals surface area contributed by atoms with Crippen LogP contribution in [0.2, 0.25) is 0 Å². The molecule has 38 heavy (non-hydrogen) atoms. The van der Waals surface area contributed by atoms with E-state index in [0.29, 0.717) is 12.3 Å². The molecule has 3 rings (SSSR count). The summed E-state index contributed by atoms with van der Waals surface area (Å²) < 4.78 is 30.4. The average molecular weight is 544 g/mol. The lowest BCUT2D eigenvalue weighted by Crippen LogP contribution is -2.48. The van der Waals surface area contributed by atoms with E-state index in [4.69, 9.17) is 4.74 Å². The molecule has 1 aliphatic heterocycles. The predicted molar refractivity (Wildman–Crippen MR) is 151 cm³/mol. The lowest BCUT2D eigenvalue weighted by molar-refractivity contribution is -0.132. The molecule has 0 bridgehead atoms. The third-order valence-corrected chi connectivity index (χ3v) is 7.32. The number of benzene rings is 2. The van der Waals surface area contributed by atoms with Crippen molar-refractivity contribution >= 4 is 27.5 Å². The Morgan fingerprint density at radius 1 is 1.03 bits per heavy atom. The predicted octanol–water partition coefficient (Wildman–Crippen LogP) is 4.50. The summed E-state index contributed by atoms with van der Waals surface area (Å²) in [7, 11) is -3.69. The smallest absolute Gasteiger partial charge is 0.277 e. The van der Waals surface area contributed by atoms with Gasteiger partial charge in [-0.15, -0.1) is 0 Å². The number of hydrogen-bond acceptors (Lipinski definition) is 6. The Balaban J connectivity index is 1.66. The number of rotatable bonds is 12. The Morgan fingerprint density at radius 2 is 1.68 bits per heavy atom. The van der Waals surface area contributed by atoms with Gasteiger partial charge in [0.2, 0.25) is 15.9 Å². The molecule has 1 heterocycles. The van der Waals surface area contributed by atoms with Gasteiger partial charge in [-0.1, -0.05) is 50.1 Å². The first-order valence-corrected chi connectivity index (χ1v) is 15.3. The second-order valence-electron chi connectivity index (χ2n) is 10.5. The van der Waals surface area contributed by atoms with Crippen molar-refractivity contribution in [1.29, 1.82) is 0 Å². The average Bonchev–Trinajstić information content (AvgIpc) is 2.88. The third-order valence-electron chi connectivity index (χ3n) is 6.76. The molecule has 1 fully saturated rings. The fourth-order valence-electron chi connectivity index (χ4n) is 4.66. The van der Waals surface area contributed by atoms with Gasteiger partial charge in [-0.05, 0) is 68.9 Å². The number of unbranched alkanes of at least 4 members (excludes halogenated alkanes) is 1. The van der Waals surface area contributed by atoms with Crippen LogP contribution in [0.3, 0.4) is 0 Å². The minimum absolute atomic E-state index is 0.0156. The molecule has 2 amide bonds. The van der Waals surface area contributed by atoms with E-state index in [1.54, 1.807) is 12.1 Å². The molecule has 208 valence electrons. The zero-order valence-corrected chi connectivity index (χ0v) is 23.8. The van der Waals surface area contributed by atoms with Gasteiger partial charge >= 0.3 is 0 Å². The van der Waals surface area contributed by atoms with Crippen molar-refractivity contribution in [1.82, 2.24) is 10.0 Å². The molecule has 1 aliphatic rings. The number of carbonyl (C=O) groups excluding carboxylic acids is 2. The highest BCUT2D eigenvalue weighted by molar-refractivity contribution is 7.89. The van der Waals surface area contributed by atoms with Crippen molar-refractivity contribution in [3.63, 3.8) is 0 Å². The molecule has 2 N–H and O–H groups in total. The Morgan fingerprint density at radius 3 is 2.32 bits per heavy atom. The van der Waals surface area contributed by atoms with E-state index in [1.165, 1.54) is 38.8 Å². The summed E-state index contributed by atoms with van der Waals surface area (Å²) in [5.41, 5.74) is 1.78. The highest BCUT2D eigenvalue weighted by Gasteiger charge is 2.32. The maximum absolute atomic E-state index is 13.5. The van der Waals surface area contributed by atoms with Gasteiger partial charge in [-0.3, -0.25) is 9.59 Å². The van der Waals surface area contributed by atoms with Gasteiger partial charge in [-0.2, -0.15) is 0 Å². The number of nitrogens with zero attached hydrogens (tertiary/aromatic N) is 1. The van der Waals surface area contributed by atoms with Crippen LogP contribution in [0, 0.1) is 0 Å². The van der Waals surface area contributed by atoms with Gasteiger partial charge in [0.1, 0.15) is 5.75 Å². The van der Waals surface area contributed by atoms with E-state index in [1.807, 2.05) is 22.9 Å². The van der Waals surface area contributed by atoms with Crippen LogP contribution in [0.4, 0.5) is 5.69 Å². The van der Waals surface area contributed by atoms with E-state index < -0.39 is 21.5 Å².